The molecular weight excluding hydrogens is 1560 g/mol. The molecule has 2 saturated carbocycles. The summed E-state index contributed by atoms with van der Waals surface area (Å²) < 4.78 is 58.3. The van der Waals surface area contributed by atoms with Crippen LogP contribution in [0.5, 0.6) is 0 Å². The first kappa shape index (κ1) is 96.7. The molecule has 8 aromatic rings. The summed E-state index contributed by atoms with van der Waals surface area (Å²) >= 11 is 0. The predicted octanol–water partition coefficient (Wildman–Crippen LogP) is 3.50. The molecule has 31 heteroatoms. The zero-order valence-electron chi connectivity index (χ0n) is 66.3. The molecular formula is C86H100N8Na2O19S2. The Hall–Kier alpha value is -9.18. The third-order valence-corrected chi connectivity index (χ3v) is 25.6. The van der Waals surface area contributed by atoms with E-state index in [1.54, 1.807) is 62.4 Å². The summed E-state index contributed by atoms with van der Waals surface area (Å²) in [6.45, 7) is 7.31. The van der Waals surface area contributed by atoms with E-state index in [0.29, 0.717) is 88.4 Å². The molecule has 2 aliphatic carbocycles. The minimum absolute atomic E-state index is 0. The van der Waals surface area contributed by atoms with Crippen LogP contribution in [0.2, 0.25) is 0 Å². The van der Waals surface area contributed by atoms with Gasteiger partial charge in [-0.1, -0.05) is 98.8 Å². The number of carboxylic acid groups (broad SMARTS) is 4. The molecule has 0 radical (unpaired) electrons. The fraction of sp³-hybridized carbons (Fsp3) is 0.349. The molecule has 27 nitrogen and oxygen atoms in total. The molecule has 117 heavy (non-hydrogen) atoms. The maximum Gasteiger partial charge on any atom is 1.00 e. The van der Waals surface area contributed by atoms with Crippen molar-refractivity contribution in [1.29, 1.82) is 0 Å². The van der Waals surface area contributed by atoms with E-state index in [2.05, 4.69) is 31.1 Å². The molecule has 0 spiro atoms. The summed E-state index contributed by atoms with van der Waals surface area (Å²) in [7, 11) is -8.01. The number of benzene rings is 8. The molecule has 2 aliphatic heterocycles. The van der Waals surface area contributed by atoms with Crippen molar-refractivity contribution in [2.45, 2.75) is 151 Å². The average Bonchev–Trinajstić information content (AvgIpc) is 0.802. The van der Waals surface area contributed by atoms with Crippen molar-refractivity contribution in [1.82, 2.24) is 8.61 Å². The molecule has 0 atom stereocenters. The molecule has 4 aliphatic rings. The van der Waals surface area contributed by atoms with Gasteiger partial charge in [0.15, 0.2) is 0 Å². The zero-order chi connectivity index (χ0) is 79.6. The van der Waals surface area contributed by atoms with Gasteiger partial charge in [0.1, 0.15) is 0 Å². The Balaban J connectivity index is 0.000000349. The monoisotopic (exact) mass is 1660 g/mol. The second-order valence-electron chi connectivity index (χ2n) is 28.9. The van der Waals surface area contributed by atoms with Crippen LogP contribution in [0.1, 0.15) is 188 Å². The molecule has 2 heterocycles. The van der Waals surface area contributed by atoms with Gasteiger partial charge in [0, 0.05) is 85.2 Å². The second-order valence-corrected chi connectivity index (χ2v) is 32.7. The van der Waals surface area contributed by atoms with Crippen LogP contribution in [0, 0.1) is 11.8 Å². The van der Waals surface area contributed by atoms with E-state index in [1.807, 2.05) is 60.7 Å². The maximum absolute atomic E-state index is 13.9. The number of aryl methyl sites for hydroxylation is 4. The number of nitrogens with zero attached hydrogens (tertiary/aromatic N) is 4. The van der Waals surface area contributed by atoms with Crippen LogP contribution < -0.4 is 100 Å². The Bertz CT molecular complexity index is 4650. The summed E-state index contributed by atoms with van der Waals surface area (Å²) in [5.74, 6) is -7.11. The fourth-order valence-electron chi connectivity index (χ4n) is 15.2. The maximum atomic E-state index is 13.9. The minimum Gasteiger partial charge on any atom is -0.545 e. The fourth-order valence-corrected chi connectivity index (χ4v) is 18.7. The van der Waals surface area contributed by atoms with E-state index in [-0.39, 0.29) is 155 Å². The van der Waals surface area contributed by atoms with Crippen LogP contribution in [0.4, 0.5) is 34.1 Å². The Morgan fingerprint density at radius 1 is 0.385 bits per heavy atom. The van der Waals surface area contributed by atoms with Crippen LogP contribution in [-0.2, 0) is 55.3 Å². The number of piperidine rings is 2. The number of aromatic carboxylic acids is 2. The van der Waals surface area contributed by atoms with Crippen molar-refractivity contribution in [3.05, 3.63) is 238 Å². The van der Waals surface area contributed by atoms with Gasteiger partial charge in [-0.2, -0.15) is 8.61 Å². The predicted molar refractivity (Wildman–Crippen MR) is 436 cm³/mol. The van der Waals surface area contributed by atoms with Crippen LogP contribution in [0.3, 0.4) is 0 Å². The quantitative estimate of drug-likeness (QED) is 0.0382. The van der Waals surface area contributed by atoms with Gasteiger partial charge in [-0.15, -0.1) is 0 Å². The third-order valence-electron chi connectivity index (χ3n) is 21.6. The van der Waals surface area contributed by atoms with E-state index < -0.39 is 79.4 Å². The second kappa shape index (κ2) is 45.1. The molecule has 12 N–H and O–H groups in total. The van der Waals surface area contributed by atoms with Gasteiger partial charge in [-0.3, -0.25) is 28.8 Å². The number of carboxylic acids is 4. The van der Waals surface area contributed by atoms with Crippen LogP contribution in [-0.4, -0.2) is 151 Å². The van der Waals surface area contributed by atoms with Gasteiger partial charge in [-0.25, -0.2) is 16.8 Å². The zero-order valence-corrected chi connectivity index (χ0v) is 71.9. The van der Waals surface area contributed by atoms with Crippen LogP contribution in [0.25, 0.3) is 0 Å². The summed E-state index contributed by atoms with van der Waals surface area (Å²) in [5, 5.41) is 52.5. The number of aliphatic carboxylic acids is 2. The van der Waals surface area contributed by atoms with Gasteiger partial charge in [0.05, 0.1) is 56.1 Å². The molecule has 0 unspecified atom stereocenters. The van der Waals surface area contributed by atoms with Gasteiger partial charge >= 0.3 is 71.1 Å². The molecule has 4 fully saturated rings. The number of carbonyl (C=O) groups is 8. The smallest absolute Gasteiger partial charge is 0.545 e. The Morgan fingerprint density at radius 2 is 0.692 bits per heavy atom. The van der Waals surface area contributed by atoms with E-state index in [1.165, 1.54) is 81.4 Å². The summed E-state index contributed by atoms with van der Waals surface area (Å²) in [6, 6.07) is 49.8. The molecule has 4 amide bonds. The number of carbonyl (C=O) groups excluding carboxylic acids is 6. The van der Waals surface area contributed by atoms with Crippen LogP contribution >= 0.6 is 0 Å². The first-order chi connectivity index (χ1) is 53.8. The summed E-state index contributed by atoms with van der Waals surface area (Å²) in [4.78, 5) is 105. The number of rotatable bonds is 28. The van der Waals surface area contributed by atoms with E-state index >= 15 is 0 Å². The van der Waals surface area contributed by atoms with Crippen molar-refractivity contribution in [2.24, 2.45) is 11.8 Å². The number of nitrogens with one attached hydrogen (secondary N) is 4. The summed E-state index contributed by atoms with van der Waals surface area (Å²) in [5.41, 5.74) is 8.41. The van der Waals surface area contributed by atoms with Crippen molar-refractivity contribution < 1.29 is 151 Å². The number of hydrogen-bond acceptors (Lipinski definition) is 16. The number of amides is 4. The van der Waals surface area contributed by atoms with Gasteiger partial charge in [-0.05, 0) is 246 Å². The van der Waals surface area contributed by atoms with Crippen molar-refractivity contribution in [3.63, 3.8) is 0 Å². The Kier molecular flexibility index (Phi) is 37.3. The largest absolute Gasteiger partial charge is 1.00 e. The topological polar surface area (TPSA) is 447 Å². The number of hydrogen-bond donors (Lipinski definition) is 6. The first-order valence-electron chi connectivity index (χ1n) is 38.4. The third kappa shape index (κ3) is 25.4. The van der Waals surface area contributed by atoms with E-state index in [9.17, 15) is 75.6 Å². The normalized spacial score (nSPS) is 16.5. The average molecular weight is 1660 g/mol. The van der Waals surface area contributed by atoms with Gasteiger partial charge in [0.2, 0.25) is 20.0 Å². The standard InChI is InChI=1S/2C43H48N4O8S.2Na.3H2O/c2*1-2-47(35-21-17-32(18-22-35)43(52)53)56(54,55)37-8-6-7-33(27-37)40(48)45-39-24-23-36(46-25-4-3-5-26-46)28-38(39)41(49)44-34-19-13-30(14-20-34)10-9-29-11-15-31(16-12-29)42(50)51;;;;;/h2*6-8,11-16,19-20,23-24,27-28,32,35H,2-5,9-10,17-18,21-22,25-26H2,1H3,(H,44,49)(H,45,48)(H,50,51)(H,52,53);;;3*1H2/q;;2*+1;;;/p-2. The first-order valence-corrected chi connectivity index (χ1v) is 41.2. The SMILES string of the molecule is CCN(C1CCC(C(=O)O)CC1)S(=O)(=O)c1cccc(C(=O)Nc2ccc(N3CCCCC3)cc2C(=O)Nc2ccc(CCc3ccc(C(=O)[O-])cc3)cc2)c1.CCN(C1CCC(C(=O)O)CC1)S(=O)(=O)c1cccc(C(=O)Nc2ccc(N3CCCCC3)cc2C(=O)Nc2ccc(CCc3ccc(C(=O)[O-])cc3)cc2)c1.O.O.O.[Na+].[Na+]. The molecule has 2 saturated heterocycles. The van der Waals surface area contributed by atoms with E-state index in [0.717, 1.165) is 98.3 Å². The van der Waals surface area contributed by atoms with Crippen LogP contribution in [0.15, 0.2) is 192 Å². The van der Waals surface area contributed by atoms with Crippen molar-refractivity contribution in [2.75, 3.05) is 70.3 Å². The Labute approximate surface area is 726 Å². The molecule has 8 aromatic carbocycles. The summed E-state index contributed by atoms with van der Waals surface area (Å²) in [6.07, 6.45) is 12.6. The van der Waals surface area contributed by atoms with Gasteiger partial charge in [0.25, 0.3) is 23.6 Å². The molecule has 0 aromatic heterocycles. The van der Waals surface area contributed by atoms with Crippen molar-refractivity contribution in [3.8, 4) is 0 Å². The Morgan fingerprint density at radius 3 is 0.983 bits per heavy atom. The molecule has 0 bridgehead atoms. The minimum atomic E-state index is -4.00. The molecule has 12 rings (SSSR count). The van der Waals surface area contributed by atoms with E-state index in [4.69, 9.17) is 0 Å². The molecule has 612 valence electrons. The van der Waals surface area contributed by atoms with Crippen molar-refractivity contribution >= 4 is 102 Å². The number of anilines is 6. The van der Waals surface area contributed by atoms with Gasteiger partial charge < -0.3 is 77.5 Å². The number of sulfonamides is 2.